The Morgan fingerprint density at radius 1 is 0.340 bits per heavy atom. The molecule has 1 aromatic heterocycles. The minimum Gasteiger partial charge on any atom is -0.292 e. The molecule has 0 saturated carbocycles. The van der Waals surface area contributed by atoms with Gasteiger partial charge in [-0.2, -0.15) is 0 Å². The van der Waals surface area contributed by atoms with Gasteiger partial charge in [-0.25, -0.2) is 4.98 Å². The second-order valence-electron chi connectivity index (χ2n) is 13.9. The van der Waals surface area contributed by atoms with Gasteiger partial charge in [0, 0.05) is 11.3 Å². The van der Waals surface area contributed by atoms with Crippen LogP contribution in [-0.4, -0.2) is 9.55 Å². The van der Waals surface area contributed by atoms with E-state index in [9.17, 15) is 0 Å². The summed E-state index contributed by atoms with van der Waals surface area (Å²) in [6, 6.07) is 70.5. The highest BCUT2D eigenvalue weighted by Crippen LogP contribution is 2.47. The predicted molar refractivity (Wildman–Crippen MR) is 225 cm³/mol. The Kier molecular flexibility index (Phi) is 6.59. The number of hydrogen-bond donors (Lipinski definition) is 0. The second kappa shape index (κ2) is 11.8. The fourth-order valence-electron chi connectivity index (χ4n) is 8.56. The van der Waals surface area contributed by atoms with Gasteiger partial charge in [0.05, 0.1) is 11.0 Å². The lowest BCUT2D eigenvalue weighted by atomic mass is 9.83. The summed E-state index contributed by atoms with van der Waals surface area (Å²) in [5.74, 6) is 0.934. The van der Waals surface area contributed by atoms with Crippen LogP contribution < -0.4 is 0 Å². The highest BCUT2D eigenvalue weighted by molar-refractivity contribution is 6.28. The van der Waals surface area contributed by atoms with E-state index in [4.69, 9.17) is 4.98 Å². The Labute approximate surface area is 306 Å². The molecular weight excluding hydrogens is 641 g/mol. The molecule has 0 unspecified atom stereocenters. The van der Waals surface area contributed by atoms with Crippen LogP contribution in [0.15, 0.2) is 194 Å². The van der Waals surface area contributed by atoms with E-state index in [1.807, 2.05) is 0 Å². The Morgan fingerprint density at radius 3 is 1.68 bits per heavy atom. The first kappa shape index (κ1) is 29.7. The monoisotopic (exact) mass is 672 g/mol. The first-order chi connectivity index (χ1) is 26.3. The van der Waals surface area contributed by atoms with Crippen molar-refractivity contribution in [3.05, 3.63) is 194 Å². The molecule has 0 aliphatic carbocycles. The number of imidazole rings is 1. The van der Waals surface area contributed by atoms with Crippen LogP contribution in [0.1, 0.15) is 0 Å². The van der Waals surface area contributed by atoms with Gasteiger partial charge in [0.25, 0.3) is 0 Å². The molecule has 0 aliphatic rings. The molecule has 2 heteroatoms. The minimum absolute atomic E-state index is 0.934. The Hall–Kier alpha value is -7.03. The first-order valence-electron chi connectivity index (χ1n) is 18.2. The molecule has 0 saturated heterocycles. The predicted octanol–water partition coefficient (Wildman–Crippen LogP) is 13.8. The second-order valence-corrected chi connectivity index (χ2v) is 13.9. The number of hydrogen-bond acceptors (Lipinski definition) is 1. The number of benzene rings is 10. The van der Waals surface area contributed by atoms with E-state index >= 15 is 0 Å². The van der Waals surface area contributed by atoms with Crippen LogP contribution in [0.2, 0.25) is 0 Å². The molecule has 0 aliphatic heterocycles. The van der Waals surface area contributed by atoms with E-state index in [1.54, 1.807) is 0 Å². The van der Waals surface area contributed by atoms with Crippen molar-refractivity contribution >= 4 is 64.9 Å². The number of para-hydroxylation sites is 3. The molecule has 0 N–H and O–H groups in total. The van der Waals surface area contributed by atoms with E-state index in [-0.39, 0.29) is 0 Å². The fourth-order valence-corrected chi connectivity index (χ4v) is 8.56. The van der Waals surface area contributed by atoms with Crippen molar-refractivity contribution in [3.8, 4) is 39.3 Å². The Morgan fingerprint density at radius 2 is 0.887 bits per heavy atom. The maximum absolute atomic E-state index is 5.15. The summed E-state index contributed by atoms with van der Waals surface area (Å²) in [5, 5.41) is 12.6. The Bertz CT molecular complexity index is 3210. The standard InChI is InChI=1S/C51H32N2/c1-2-14-39(15-3-1)53-47-21-11-10-20-46(47)52-51(53)37-27-25-36(26-28-37)49-43-19-9-8-18-42(43)48(44-31-30-34-13-5-7-17-41(34)50(44)49)38-29-24-35-23-22-33-12-4-6-16-40(33)45(35)32-38/h1-32H. The summed E-state index contributed by atoms with van der Waals surface area (Å²) in [4.78, 5) is 5.15. The van der Waals surface area contributed by atoms with Crippen molar-refractivity contribution in [1.82, 2.24) is 9.55 Å². The third kappa shape index (κ3) is 4.63. The van der Waals surface area contributed by atoms with Crippen LogP contribution in [0, 0.1) is 0 Å². The normalized spacial score (nSPS) is 11.8. The average molecular weight is 673 g/mol. The van der Waals surface area contributed by atoms with Crippen molar-refractivity contribution in [2.45, 2.75) is 0 Å². The maximum atomic E-state index is 5.15. The van der Waals surface area contributed by atoms with E-state index in [2.05, 4.69) is 199 Å². The van der Waals surface area contributed by atoms with E-state index in [1.165, 1.54) is 76.1 Å². The lowest BCUT2D eigenvalue weighted by Crippen LogP contribution is -1.97. The number of rotatable bonds is 4. The van der Waals surface area contributed by atoms with Crippen LogP contribution in [0.25, 0.3) is 104 Å². The zero-order valence-electron chi connectivity index (χ0n) is 28.9. The van der Waals surface area contributed by atoms with Gasteiger partial charge in [0.2, 0.25) is 0 Å². The zero-order valence-corrected chi connectivity index (χ0v) is 28.9. The number of nitrogens with zero attached hydrogens (tertiary/aromatic N) is 2. The summed E-state index contributed by atoms with van der Waals surface area (Å²) in [6.07, 6.45) is 0. The van der Waals surface area contributed by atoms with Crippen LogP contribution in [0.3, 0.4) is 0 Å². The zero-order chi connectivity index (χ0) is 34.9. The van der Waals surface area contributed by atoms with Crippen molar-refractivity contribution < 1.29 is 0 Å². The van der Waals surface area contributed by atoms with Gasteiger partial charge in [-0.1, -0.05) is 164 Å². The molecular formula is C51H32N2. The molecule has 1 heterocycles. The van der Waals surface area contributed by atoms with Crippen molar-refractivity contribution in [1.29, 1.82) is 0 Å². The summed E-state index contributed by atoms with van der Waals surface area (Å²) >= 11 is 0. The van der Waals surface area contributed by atoms with Crippen molar-refractivity contribution in [3.63, 3.8) is 0 Å². The topological polar surface area (TPSA) is 17.8 Å². The molecule has 0 bridgehead atoms. The first-order valence-corrected chi connectivity index (χ1v) is 18.2. The quantitative estimate of drug-likeness (QED) is 0.134. The van der Waals surface area contributed by atoms with Gasteiger partial charge < -0.3 is 0 Å². The Balaban J connectivity index is 1.18. The maximum Gasteiger partial charge on any atom is 0.145 e. The van der Waals surface area contributed by atoms with E-state index in [0.29, 0.717) is 0 Å². The number of fused-ring (bicyclic) bond motifs is 8. The van der Waals surface area contributed by atoms with Crippen molar-refractivity contribution in [2.24, 2.45) is 0 Å². The summed E-state index contributed by atoms with van der Waals surface area (Å²) < 4.78 is 2.27. The summed E-state index contributed by atoms with van der Waals surface area (Å²) in [5.41, 5.74) is 9.19. The van der Waals surface area contributed by atoms with Gasteiger partial charge in [-0.05, 0) is 106 Å². The SMILES string of the molecule is c1ccc(-n2c(-c3ccc(-c4c5ccccc5c(-c5ccc6ccc7ccccc7c6c5)c5ccc6ccccc6c45)cc3)nc3ccccc32)cc1. The molecule has 10 aromatic carbocycles. The van der Waals surface area contributed by atoms with Crippen LogP contribution in [-0.2, 0) is 0 Å². The summed E-state index contributed by atoms with van der Waals surface area (Å²) in [6.45, 7) is 0. The van der Waals surface area contributed by atoms with Gasteiger partial charge >= 0.3 is 0 Å². The lowest BCUT2D eigenvalue weighted by molar-refractivity contribution is 1.10. The lowest BCUT2D eigenvalue weighted by Gasteiger charge is -2.20. The van der Waals surface area contributed by atoms with Gasteiger partial charge in [-0.15, -0.1) is 0 Å². The summed E-state index contributed by atoms with van der Waals surface area (Å²) in [7, 11) is 0. The molecule has 53 heavy (non-hydrogen) atoms. The van der Waals surface area contributed by atoms with Gasteiger partial charge in [-0.3, -0.25) is 4.57 Å². The van der Waals surface area contributed by atoms with Gasteiger partial charge in [0.1, 0.15) is 5.82 Å². The smallest absolute Gasteiger partial charge is 0.145 e. The van der Waals surface area contributed by atoms with Crippen molar-refractivity contribution in [2.75, 3.05) is 0 Å². The van der Waals surface area contributed by atoms with Crippen LogP contribution >= 0.6 is 0 Å². The van der Waals surface area contributed by atoms with Crippen LogP contribution in [0.4, 0.5) is 0 Å². The van der Waals surface area contributed by atoms with E-state index in [0.717, 1.165) is 28.1 Å². The fraction of sp³-hybridized carbons (Fsp3) is 0. The van der Waals surface area contributed by atoms with Crippen LogP contribution in [0.5, 0.6) is 0 Å². The van der Waals surface area contributed by atoms with E-state index < -0.39 is 0 Å². The third-order valence-electron chi connectivity index (χ3n) is 11.0. The molecule has 0 radical (unpaired) electrons. The molecule has 0 atom stereocenters. The largest absolute Gasteiger partial charge is 0.292 e. The molecule has 2 nitrogen and oxygen atoms in total. The van der Waals surface area contributed by atoms with Gasteiger partial charge in [0.15, 0.2) is 0 Å². The third-order valence-corrected chi connectivity index (χ3v) is 11.0. The molecule has 11 rings (SSSR count). The molecule has 11 aromatic rings. The molecule has 0 fully saturated rings. The average Bonchev–Trinajstić information content (AvgIpc) is 3.63. The highest BCUT2D eigenvalue weighted by Gasteiger charge is 2.20. The highest BCUT2D eigenvalue weighted by atomic mass is 15.1. The molecule has 246 valence electrons. The number of aromatic nitrogens is 2. The minimum atomic E-state index is 0.934. The molecule has 0 spiro atoms. The molecule has 0 amide bonds.